The number of furan rings is 1. The molecule has 6 heteroatoms. The number of benzene rings is 1. The van der Waals surface area contributed by atoms with Gasteiger partial charge in [0.25, 0.3) is 5.91 Å². The predicted octanol–water partition coefficient (Wildman–Crippen LogP) is 4.89. The van der Waals surface area contributed by atoms with Gasteiger partial charge in [0.05, 0.1) is 22.4 Å². The molecule has 1 N–H and O–H groups in total. The Morgan fingerprint density at radius 3 is 2.62 bits per heavy atom. The molecular weight excluding hydrogens is 388 g/mol. The Bertz CT molecular complexity index is 994. The number of carbonyl (C=O) groups is 1. The molecule has 0 unspecified atom stereocenters. The number of nitrogens with zero attached hydrogens (tertiary/aromatic N) is 2. The van der Waals surface area contributed by atoms with Crippen LogP contribution in [0, 0.1) is 12.8 Å². The van der Waals surface area contributed by atoms with E-state index < -0.39 is 6.10 Å². The minimum atomic E-state index is -0.601. The summed E-state index contributed by atoms with van der Waals surface area (Å²) < 4.78 is 5.83. The number of likely N-dealkylation sites (tertiary alicyclic amines) is 1. The summed E-state index contributed by atoms with van der Waals surface area (Å²) in [6.07, 6.45) is 2.56. The Labute approximate surface area is 174 Å². The number of rotatable bonds is 4. The van der Waals surface area contributed by atoms with Crippen molar-refractivity contribution in [1.29, 1.82) is 0 Å². The van der Waals surface area contributed by atoms with E-state index in [-0.39, 0.29) is 11.8 Å². The van der Waals surface area contributed by atoms with Gasteiger partial charge >= 0.3 is 0 Å². The molecular formula is C23H23ClN2O3. The number of pyridine rings is 1. The molecule has 0 radical (unpaired) electrons. The molecule has 0 spiro atoms. The van der Waals surface area contributed by atoms with E-state index in [9.17, 15) is 9.90 Å². The first kappa shape index (κ1) is 19.7. The van der Waals surface area contributed by atoms with Crippen LogP contribution in [0.5, 0.6) is 0 Å². The number of piperidine rings is 1. The first-order valence-electron chi connectivity index (χ1n) is 9.78. The molecule has 3 aromatic rings. The van der Waals surface area contributed by atoms with E-state index in [2.05, 4.69) is 4.98 Å². The van der Waals surface area contributed by atoms with E-state index in [1.54, 1.807) is 25.3 Å². The lowest BCUT2D eigenvalue weighted by atomic mass is 9.89. The number of aliphatic hydroxyl groups is 1. The van der Waals surface area contributed by atoms with Crippen LogP contribution in [0.15, 0.2) is 59.1 Å². The van der Waals surface area contributed by atoms with Crippen LogP contribution in [-0.4, -0.2) is 34.0 Å². The Kier molecular flexibility index (Phi) is 5.69. The van der Waals surface area contributed by atoms with Crippen molar-refractivity contribution in [2.24, 2.45) is 5.92 Å². The Morgan fingerprint density at radius 2 is 1.93 bits per heavy atom. The van der Waals surface area contributed by atoms with Gasteiger partial charge < -0.3 is 14.4 Å². The first-order valence-corrected chi connectivity index (χ1v) is 10.2. The van der Waals surface area contributed by atoms with Gasteiger partial charge in [-0.2, -0.15) is 0 Å². The van der Waals surface area contributed by atoms with Crippen molar-refractivity contribution in [3.8, 4) is 11.3 Å². The van der Waals surface area contributed by atoms with Crippen molar-refractivity contribution in [1.82, 2.24) is 9.88 Å². The fourth-order valence-electron chi connectivity index (χ4n) is 3.87. The molecule has 1 fully saturated rings. The fourth-order valence-corrected chi connectivity index (χ4v) is 4.10. The van der Waals surface area contributed by atoms with Crippen molar-refractivity contribution in [2.45, 2.75) is 25.9 Å². The average Bonchev–Trinajstić information content (AvgIpc) is 3.15. The lowest BCUT2D eigenvalue weighted by Gasteiger charge is -2.34. The molecule has 1 saturated heterocycles. The van der Waals surface area contributed by atoms with Crippen LogP contribution < -0.4 is 0 Å². The molecule has 1 aromatic carbocycles. The second kappa shape index (κ2) is 8.39. The van der Waals surface area contributed by atoms with Gasteiger partial charge in [0, 0.05) is 24.8 Å². The number of carbonyl (C=O) groups excluding carboxylic acids is 1. The summed E-state index contributed by atoms with van der Waals surface area (Å²) in [4.78, 5) is 19.1. The Hall–Kier alpha value is -2.63. The maximum Gasteiger partial charge on any atom is 0.257 e. The van der Waals surface area contributed by atoms with Gasteiger partial charge in [0.15, 0.2) is 0 Å². The molecule has 1 atom stereocenters. The Morgan fingerprint density at radius 1 is 1.21 bits per heavy atom. The number of hydrogen-bond acceptors (Lipinski definition) is 4. The van der Waals surface area contributed by atoms with Crippen LogP contribution in [-0.2, 0) is 0 Å². The lowest BCUT2D eigenvalue weighted by Crippen LogP contribution is -2.40. The highest BCUT2D eigenvalue weighted by molar-refractivity contribution is 6.33. The van der Waals surface area contributed by atoms with Gasteiger partial charge in [-0.15, -0.1) is 0 Å². The molecule has 1 aliphatic heterocycles. The summed E-state index contributed by atoms with van der Waals surface area (Å²) in [5.41, 5.74) is 2.02. The number of hydrogen-bond donors (Lipinski definition) is 1. The summed E-state index contributed by atoms with van der Waals surface area (Å²) in [6.45, 7) is 2.99. The largest absolute Gasteiger partial charge is 0.460 e. The van der Waals surface area contributed by atoms with E-state index in [1.165, 1.54) is 0 Å². The molecule has 3 heterocycles. The average molecular weight is 411 g/mol. The second-order valence-corrected chi connectivity index (χ2v) is 7.80. The zero-order valence-corrected chi connectivity index (χ0v) is 17.0. The molecule has 1 aliphatic rings. The third kappa shape index (κ3) is 4.07. The molecule has 29 heavy (non-hydrogen) atoms. The van der Waals surface area contributed by atoms with E-state index in [0.717, 1.165) is 18.4 Å². The Balaban J connectivity index is 1.44. The highest BCUT2D eigenvalue weighted by Gasteiger charge is 2.30. The van der Waals surface area contributed by atoms with Crippen LogP contribution in [0.3, 0.4) is 0 Å². The SMILES string of the molecule is Cc1oc(-c2ccccc2Cl)cc1C(=O)N1CCC([C@@H](O)c2ccccn2)CC1. The van der Waals surface area contributed by atoms with E-state index in [4.69, 9.17) is 16.0 Å². The van der Waals surface area contributed by atoms with E-state index in [0.29, 0.717) is 40.9 Å². The summed E-state index contributed by atoms with van der Waals surface area (Å²) in [7, 11) is 0. The second-order valence-electron chi connectivity index (χ2n) is 7.39. The van der Waals surface area contributed by atoms with E-state index >= 15 is 0 Å². The topological polar surface area (TPSA) is 66.6 Å². The summed E-state index contributed by atoms with van der Waals surface area (Å²) in [5.74, 6) is 1.23. The molecule has 5 nitrogen and oxygen atoms in total. The maximum atomic E-state index is 13.1. The highest BCUT2D eigenvalue weighted by atomic mass is 35.5. The van der Waals surface area contributed by atoms with Crippen LogP contribution in [0.4, 0.5) is 0 Å². The van der Waals surface area contributed by atoms with Gasteiger partial charge in [-0.1, -0.05) is 29.8 Å². The zero-order valence-electron chi connectivity index (χ0n) is 16.2. The minimum Gasteiger partial charge on any atom is -0.460 e. The van der Waals surface area contributed by atoms with Crippen LogP contribution >= 0.6 is 11.6 Å². The van der Waals surface area contributed by atoms with Crippen LogP contribution in [0.25, 0.3) is 11.3 Å². The molecule has 0 bridgehead atoms. The van der Waals surface area contributed by atoms with Crippen molar-refractivity contribution in [2.75, 3.05) is 13.1 Å². The van der Waals surface area contributed by atoms with Gasteiger partial charge in [0.2, 0.25) is 0 Å². The highest BCUT2D eigenvalue weighted by Crippen LogP contribution is 2.33. The predicted molar refractivity (Wildman–Crippen MR) is 112 cm³/mol. The van der Waals surface area contributed by atoms with Crippen LogP contribution in [0.2, 0.25) is 5.02 Å². The van der Waals surface area contributed by atoms with Crippen molar-refractivity contribution in [3.05, 3.63) is 76.8 Å². The van der Waals surface area contributed by atoms with Crippen LogP contribution in [0.1, 0.15) is 40.8 Å². The monoisotopic (exact) mass is 410 g/mol. The maximum absolute atomic E-state index is 13.1. The standard InChI is InChI=1S/C23H23ClN2O3/c1-15-18(14-21(29-15)17-6-2-3-7-19(17)24)23(28)26-12-9-16(10-13-26)22(27)20-8-4-5-11-25-20/h2-8,11,14,16,22,27H,9-10,12-13H2,1H3/t22-/m1/s1. The number of aryl methyl sites for hydroxylation is 1. The molecule has 150 valence electrons. The third-order valence-corrected chi connectivity index (χ3v) is 5.88. The summed E-state index contributed by atoms with van der Waals surface area (Å²) in [5, 5.41) is 11.2. The van der Waals surface area contributed by atoms with Gasteiger partial charge in [-0.25, -0.2) is 0 Å². The fraction of sp³-hybridized carbons (Fsp3) is 0.304. The van der Waals surface area contributed by atoms with Crippen molar-refractivity contribution in [3.63, 3.8) is 0 Å². The minimum absolute atomic E-state index is 0.0460. The number of halogens is 1. The smallest absolute Gasteiger partial charge is 0.257 e. The molecule has 1 amide bonds. The number of aliphatic hydroxyl groups excluding tert-OH is 1. The van der Waals surface area contributed by atoms with Gasteiger partial charge in [0.1, 0.15) is 11.5 Å². The normalized spacial score (nSPS) is 16.0. The number of amides is 1. The summed E-state index contributed by atoms with van der Waals surface area (Å²) in [6, 6.07) is 14.7. The quantitative estimate of drug-likeness (QED) is 0.665. The van der Waals surface area contributed by atoms with Gasteiger partial charge in [-0.05, 0) is 56.0 Å². The lowest BCUT2D eigenvalue weighted by molar-refractivity contribution is 0.0446. The molecule has 0 aliphatic carbocycles. The van der Waals surface area contributed by atoms with Crippen molar-refractivity contribution >= 4 is 17.5 Å². The summed E-state index contributed by atoms with van der Waals surface area (Å²) >= 11 is 6.26. The first-order chi connectivity index (χ1) is 14.0. The van der Waals surface area contributed by atoms with Crippen molar-refractivity contribution < 1.29 is 14.3 Å². The van der Waals surface area contributed by atoms with E-state index in [1.807, 2.05) is 41.3 Å². The zero-order chi connectivity index (χ0) is 20.4. The number of aromatic nitrogens is 1. The van der Waals surface area contributed by atoms with Gasteiger partial charge in [-0.3, -0.25) is 9.78 Å². The third-order valence-electron chi connectivity index (χ3n) is 5.55. The molecule has 4 rings (SSSR count). The molecule has 2 aromatic heterocycles. The molecule has 0 saturated carbocycles.